The Kier molecular flexibility index (Phi) is 3.51. The number of hydrogen-bond acceptors (Lipinski definition) is 3. The third-order valence-electron chi connectivity index (χ3n) is 2.24. The molecule has 1 aliphatic heterocycles. The zero-order valence-corrected chi connectivity index (χ0v) is 9.67. The van der Waals surface area contributed by atoms with E-state index < -0.39 is 0 Å². The standard InChI is InChI=1S/C12H13NO2S/c14-12-8-15-11-5-4-9(3-1-2-6-16)7-10(11)13-12/h1,3-5,7,16H,2,6,8H2,(H,13,14). The van der Waals surface area contributed by atoms with Gasteiger partial charge in [0.25, 0.3) is 5.91 Å². The van der Waals surface area contributed by atoms with Crippen LogP contribution in [0.25, 0.3) is 6.08 Å². The number of carbonyl (C=O) groups is 1. The minimum atomic E-state index is -0.107. The fraction of sp³-hybridized carbons (Fsp3) is 0.250. The van der Waals surface area contributed by atoms with Crippen molar-refractivity contribution >= 4 is 30.3 Å². The lowest BCUT2D eigenvalue weighted by Crippen LogP contribution is -2.25. The van der Waals surface area contributed by atoms with Gasteiger partial charge in [-0.2, -0.15) is 12.6 Å². The molecule has 0 fully saturated rings. The summed E-state index contributed by atoms with van der Waals surface area (Å²) in [6.07, 6.45) is 5.00. The number of carbonyl (C=O) groups excluding carboxylic acids is 1. The molecule has 1 aliphatic rings. The molecule has 3 nitrogen and oxygen atoms in total. The lowest BCUT2D eigenvalue weighted by Gasteiger charge is -2.17. The molecule has 0 spiro atoms. The van der Waals surface area contributed by atoms with Crippen LogP contribution in [-0.2, 0) is 4.79 Å². The second-order valence-electron chi connectivity index (χ2n) is 3.51. The van der Waals surface area contributed by atoms with Crippen LogP contribution in [-0.4, -0.2) is 18.3 Å². The molecule has 0 bridgehead atoms. The molecule has 0 radical (unpaired) electrons. The normalized spacial score (nSPS) is 14.4. The van der Waals surface area contributed by atoms with E-state index in [0.717, 1.165) is 29.2 Å². The van der Waals surface area contributed by atoms with E-state index >= 15 is 0 Å². The second-order valence-corrected chi connectivity index (χ2v) is 3.95. The summed E-state index contributed by atoms with van der Waals surface area (Å²) in [4.78, 5) is 11.1. The van der Waals surface area contributed by atoms with Gasteiger partial charge in [0.15, 0.2) is 6.61 Å². The Bertz CT molecular complexity index is 429. The number of amides is 1. The average Bonchev–Trinajstić information content (AvgIpc) is 2.29. The summed E-state index contributed by atoms with van der Waals surface area (Å²) in [5.41, 5.74) is 1.79. The number of fused-ring (bicyclic) bond motifs is 1. The van der Waals surface area contributed by atoms with Crippen molar-refractivity contribution in [2.24, 2.45) is 0 Å². The Morgan fingerprint density at radius 3 is 3.19 bits per heavy atom. The van der Waals surface area contributed by atoms with Gasteiger partial charge >= 0.3 is 0 Å². The van der Waals surface area contributed by atoms with Gasteiger partial charge < -0.3 is 10.1 Å². The highest BCUT2D eigenvalue weighted by molar-refractivity contribution is 7.80. The van der Waals surface area contributed by atoms with Crippen molar-refractivity contribution in [3.63, 3.8) is 0 Å². The number of thiol groups is 1. The average molecular weight is 235 g/mol. The van der Waals surface area contributed by atoms with Gasteiger partial charge in [-0.05, 0) is 29.9 Å². The Morgan fingerprint density at radius 2 is 2.38 bits per heavy atom. The fourth-order valence-electron chi connectivity index (χ4n) is 1.50. The maximum Gasteiger partial charge on any atom is 0.262 e. The highest BCUT2D eigenvalue weighted by atomic mass is 32.1. The molecule has 0 aromatic heterocycles. The maximum absolute atomic E-state index is 11.1. The molecule has 1 amide bonds. The SMILES string of the molecule is O=C1COc2ccc(C=CCCS)cc2N1. The fourth-order valence-corrected chi connectivity index (χ4v) is 1.65. The van der Waals surface area contributed by atoms with Gasteiger partial charge in [-0.15, -0.1) is 0 Å². The van der Waals surface area contributed by atoms with Gasteiger partial charge in [-0.3, -0.25) is 4.79 Å². The summed E-state index contributed by atoms with van der Waals surface area (Å²) in [5, 5.41) is 2.78. The lowest BCUT2D eigenvalue weighted by atomic mass is 10.1. The van der Waals surface area contributed by atoms with E-state index in [9.17, 15) is 4.79 Å². The lowest BCUT2D eigenvalue weighted by molar-refractivity contribution is -0.118. The molecule has 0 atom stereocenters. The Balaban J connectivity index is 2.18. The minimum absolute atomic E-state index is 0.0990. The number of ether oxygens (including phenoxy) is 1. The first-order chi connectivity index (χ1) is 7.79. The van der Waals surface area contributed by atoms with Crippen LogP contribution < -0.4 is 10.1 Å². The molecular weight excluding hydrogens is 222 g/mol. The number of rotatable bonds is 3. The molecular formula is C12H13NO2S. The van der Waals surface area contributed by atoms with Crippen molar-refractivity contribution in [1.82, 2.24) is 0 Å². The van der Waals surface area contributed by atoms with Crippen LogP contribution in [0.4, 0.5) is 5.69 Å². The summed E-state index contributed by atoms with van der Waals surface area (Å²) in [5.74, 6) is 1.45. The van der Waals surface area contributed by atoms with E-state index in [1.54, 1.807) is 0 Å². The Morgan fingerprint density at radius 1 is 1.50 bits per heavy atom. The molecule has 2 rings (SSSR count). The molecule has 4 heteroatoms. The summed E-state index contributed by atoms with van der Waals surface area (Å²) in [6, 6.07) is 5.74. The first-order valence-corrected chi connectivity index (χ1v) is 5.77. The number of hydrogen-bond donors (Lipinski definition) is 2. The van der Waals surface area contributed by atoms with Crippen molar-refractivity contribution in [3.8, 4) is 5.75 Å². The van der Waals surface area contributed by atoms with Crippen molar-refractivity contribution in [2.45, 2.75) is 6.42 Å². The Labute approximate surface area is 99.9 Å². The van der Waals surface area contributed by atoms with Crippen molar-refractivity contribution in [3.05, 3.63) is 29.8 Å². The molecule has 1 aromatic carbocycles. The van der Waals surface area contributed by atoms with Gasteiger partial charge in [0.1, 0.15) is 5.75 Å². The van der Waals surface area contributed by atoms with E-state index in [0.29, 0.717) is 0 Å². The highest BCUT2D eigenvalue weighted by Crippen LogP contribution is 2.28. The smallest absolute Gasteiger partial charge is 0.262 e. The van der Waals surface area contributed by atoms with Crippen molar-refractivity contribution < 1.29 is 9.53 Å². The number of anilines is 1. The van der Waals surface area contributed by atoms with Gasteiger partial charge in [-0.25, -0.2) is 0 Å². The van der Waals surface area contributed by atoms with Gasteiger partial charge in [0.05, 0.1) is 5.69 Å². The Hall–Kier alpha value is -1.42. The molecule has 1 N–H and O–H groups in total. The van der Waals surface area contributed by atoms with Crippen LogP contribution in [0, 0.1) is 0 Å². The molecule has 1 heterocycles. The highest BCUT2D eigenvalue weighted by Gasteiger charge is 2.15. The van der Waals surface area contributed by atoms with Crippen LogP contribution in [0.2, 0.25) is 0 Å². The molecule has 0 unspecified atom stereocenters. The summed E-state index contributed by atoms with van der Waals surface area (Å²) >= 11 is 4.13. The zero-order chi connectivity index (χ0) is 11.4. The summed E-state index contributed by atoms with van der Waals surface area (Å²) < 4.78 is 5.27. The third kappa shape index (κ3) is 2.58. The topological polar surface area (TPSA) is 38.3 Å². The van der Waals surface area contributed by atoms with Gasteiger partial charge in [0.2, 0.25) is 0 Å². The molecule has 0 saturated carbocycles. The molecule has 16 heavy (non-hydrogen) atoms. The number of nitrogens with one attached hydrogen (secondary N) is 1. The predicted molar refractivity (Wildman–Crippen MR) is 68.1 cm³/mol. The van der Waals surface area contributed by atoms with E-state index in [4.69, 9.17) is 4.74 Å². The van der Waals surface area contributed by atoms with Crippen LogP contribution >= 0.6 is 12.6 Å². The van der Waals surface area contributed by atoms with E-state index in [-0.39, 0.29) is 12.5 Å². The second kappa shape index (κ2) is 5.07. The van der Waals surface area contributed by atoms with Crippen molar-refractivity contribution in [1.29, 1.82) is 0 Å². The first-order valence-electron chi connectivity index (χ1n) is 5.13. The van der Waals surface area contributed by atoms with Gasteiger partial charge in [0, 0.05) is 0 Å². The number of allylic oxidation sites excluding steroid dienone is 1. The van der Waals surface area contributed by atoms with Gasteiger partial charge in [-0.1, -0.05) is 18.2 Å². The predicted octanol–water partition coefficient (Wildman–Crippen LogP) is 2.35. The molecule has 84 valence electrons. The van der Waals surface area contributed by atoms with Crippen LogP contribution in [0.15, 0.2) is 24.3 Å². The summed E-state index contributed by atoms with van der Waals surface area (Å²) in [7, 11) is 0. The van der Waals surface area contributed by atoms with E-state index in [1.165, 1.54) is 0 Å². The van der Waals surface area contributed by atoms with E-state index in [2.05, 4.69) is 24.0 Å². The zero-order valence-electron chi connectivity index (χ0n) is 8.77. The first kappa shape index (κ1) is 11.1. The minimum Gasteiger partial charge on any atom is -0.482 e. The molecule has 0 aliphatic carbocycles. The monoisotopic (exact) mass is 235 g/mol. The van der Waals surface area contributed by atoms with Crippen LogP contribution in [0.1, 0.15) is 12.0 Å². The number of benzene rings is 1. The quantitative estimate of drug-likeness (QED) is 0.789. The van der Waals surface area contributed by atoms with Crippen LogP contribution in [0.3, 0.4) is 0 Å². The third-order valence-corrected chi connectivity index (χ3v) is 2.50. The van der Waals surface area contributed by atoms with Crippen molar-refractivity contribution in [2.75, 3.05) is 17.7 Å². The largest absolute Gasteiger partial charge is 0.482 e. The molecule has 1 aromatic rings. The summed E-state index contributed by atoms with van der Waals surface area (Å²) in [6.45, 7) is 0.0990. The van der Waals surface area contributed by atoms with Crippen LogP contribution in [0.5, 0.6) is 5.75 Å². The molecule has 0 saturated heterocycles. The maximum atomic E-state index is 11.1. The van der Waals surface area contributed by atoms with E-state index in [1.807, 2.05) is 24.3 Å².